The molecular weight excluding hydrogens is 354 g/mol. The number of rotatable bonds is 4. The Morgan fingerprint density at radius 1 is 1.37 bits per heavy atom. The number of hydrogen-bond acceptors (Lipinski definition) is 3. The smallest absolute Gasteiger partial charge is 0.242 e. The number of sulfonamides is 1. The van der Waals surface area contributed by atoms with Crippen LogP contribution in [0.25, 0.3) is 0 Å². The molecule has 0 spiro atoms. The fourth-order valence-electron chi connectivity index (χ4n) is 1.59. The summed E-state index contributed by atoms with van der Waals surface area (Å²) in [5.74, 6) is 0.539. The van der Waals surface area contributed by atoms with Crippen LogP contribution in [0.3, 0.4) is 0 Å². The molecule has 1 heterocycles. The molecule has 4 nitrogen and oxygen atoms in total. The van der Waals surface area contributed by atoms with Gasteiger partial charge in [0.05, 0.1) is 17.3 Å². The zero-order chi connectivity index (χ0) is 14.0. The van der Waals surface area contributed by atoms with Gasteiger partial charge < -0.3 is 4.42 Å². The molecule has 0 saturated heterocycles. The van der Waals surface area contributed by atoms with Gasteiger partial charge in [0.1, 0.15) is 10.7 Å². The van der Waals surface area contributed by atoms with Gasteiger partial charge in [-0.15, -0.1) is 0 Å². The molecule has 1 aromatic carbocycles. The van der Waals surface area contributed by atoms with Crippen LogP contribution in [0.4, 0.5) is 0 Å². The van der Waals surface area contributed by atoms with Crippen LogP contribution >= 0.6 is 27.5 Å². The normalized spacial score (nSPS) is 13.4. The lowest BCUT2D eigenvalue weighted by Gasteiger charge is -2.13. The third-order valence-corrected chi connectivity index (χ3v) is 5.00. The van der Waals surface area contributed by atoms with E-state index in [0.29, 0.717) is 5.76 Å². The standard InChI is InChI=1S/C12H11BrClNO3S/c1-8(11-3-2-6-18-11)15-19(16,17)12-5-4-9(13)7-10(12)14/h2-8,15H,1H3/t8-/m0/s1. The first kappa shape index (κ1) is 14.6. The van der Waals surface area contributed by atoms with E-state index in [-0.39, 0.29) is 9.92 Å². The average Bonchev–Trinajstić information content (AvgIpc) is 2.80. The largest absolute Gasteiger partial charge is 0.468 e. The van der Waals surface area contributed by atoms with Crippen LogP contribution in [0.5, 0.6) is 0 Å². The molecule has 2 aromatic rings. The minimum Gasteiger partial charge on any atom is -0.468 e. The number of hydrogen-bond donors (Lipinski definition) is 1. The quantitative estimate of drug-likeness (QED) is 0.899. The lowest BCUT2D eigenvalue weighted by molar-refractivity contribution is 0.459. The van der Waals surface area contributed by atoms with E-state index in [2.05, 4.69) is 20.7 Å². The fraction of sp³-hybridized carbons (Fsp3) is 0.167. The summed E-state index contributed by atoms with van der Waals surface area (Å²) in [7, 11) is -3.70. The highest BCUT2D eigenvalue weighted by atomic mass is 79.9. The van der Waals surface area contributed by atoms with Gasteiger partial charge >= 0.3 is 0 Å². The molecule has 0 amide bonds. The maximum atomic E-state index is 12.2. The Hall–Kier alpha value is -0.820. The Morgan fingerprint density at radius 3 is 2.68 bits per heavy atom. The van der Waals surface area contributed by atoms with E-state index in [1.807, 2.05) is 0 Å². The van der Waals surface area contributed by atoms with Gasteiger partial charge in [-0.05, 0) is 37.3 Å². The van der Waals surface area contributed by atoms with Crippen molar-refractivity contribution in [1.29, 1.82) is 0 Å². The molecule has 1 aromatic heterocycles. The van der Waals surface area contributed by atoms with Crippen LogP contribution in [0.15, 0.2) is 50.4 Å². The van der Waals surface area contributed by atoms with E-state index in [0.717, 1.165) is 4.47 Å². The van der Waals surface area contributed by atoms with E-state index >= 15 is 0 Å². The van der Waals surface area contributed by atoms with Crippen LogP contribution in [-0.4, -0.2) is 8.42 Å². The van der Waals surface area contributed by atoms with Gasteiger partial charge in [0.25, 0.3) is 0 Å². The number of halogens is 2. The van der Waals surface area contributed by atoms with Crippen LogP contribution in [0.1, 0.15) is 18.7 Å². The summed E-state index contributed by atoms with van der Waals surface area (Å²) in [6, 6.07) is 7.54. The van der Waals surface area contributed by atoms with Crippen molar-refractivity contribution in [3.05, 3.63) is 51.9 Å². The molecule has 0 radical (unpaired) electrons. The van der Waals surface area contributed by atoms with E-state index in [9.17, 15) is 8.42 Å². The van der Waals surface area contributed by atoms with Gasteiger partial charge in [-0.1, -0.05) is 27.5 Å². The Balaban J connectivity index is 2.28. The van der Waals surface area contributed by atoms with Gasteiger partial charge in [-0.3, -0.25) is 0 Å². The Kier molecular flexibility index (Phi) is 4.35. The SMILES string of the molecule is C[C@H](NS(=O)(=O)c1ccc(Br)cc1Cl)c1ccco1. The van der Waals surface area contributed by atoms with Gasteiger partial charge in [-0.2, -0.15) is 0 Å². The molecule has 0 bridgehead atoms. The van der Waals surface area contributed by atoms with Crippen molar-refractivity contribution in [2.75, 3.05) is 0 Å². The van der Waals surface area contributed by atoms with Crippen molar-refractivity contribution in [2.45, 2.75) is 17.9 Å². The third kappa shape index (κ3) is 3.39. The zero-order valence-electron chi connectivity index (χ0n) is 9.93. The summed E-state index contributed by atoms with van der Waals surface area (Å²) < 4.78 is 32.8. The Labute approximate surface area is 124 Å². The summed E-state index contributed by atoms with van der Waals surface area (Å²) in [6.45, 7) is 1.70. The van der Waals surface area contributed by atoms with Crippen LogP contribution in [0.2, 0.25) is 5.02 Å². The van der Waals surface area contributed by atoms with Crippen molar-refractivity contribution < 1.29 is 12.8 Å². The summed E-state index contributed by atoms with van der Waals surface area (Å²) in [5, 5.41) is 0.161. The van der Waals surface area contributed by atoms with Crippen LogP contribution in [0, 0.1) is 0 Å². The lowest BCUT2D eigenvalue weighted by Crippen LogP contribution is -2.26. The van der Waals surface area contributed by atoms with E-state index in [1.54, 1.807) is 25.1 Å². The molecule has 1 atom stereocenters. The summed E-state index contributed by atoms with van der Waals surface area (Å²) in [6.07, 6.45) is 1.49. The second-order valence-electron chi connectivity index (χ2n) is 3.93. The van der Waals surface area contributed by atoms with Gasteiger partial charge in [0.2, 0.25) is 10.0 Å². The average molecular weight is 365 g/mol. The highest BCUT2D eigenvalue weighted by molar-refractivity contribution is 9.10. The molecular formula is C12H11BrClNO3S. The first-order chi connectivity index (χ1) is 8.90. The van der Waals surface area contributed by atoms with Crippen molar-refractivity contribution in [3.63, 3.8) is 0 Å². The van der Waals surface area contributed by atoms with Crippen molar-refractivity contribution in [3.8, 4) is 0 Å². The molecule has 0 aliphatic heterocycles. The zero-order valence-corrected chi connectivity index (χ0v) is 13.1. The van der Waals surface area contributed by atoms with Gasteiger partial charge in [0.15, 0.2) is 0 Å². The Bertz CT molecular complexity index is 670. The molecule has 0 unspecified atom stereocenters. The predicted octanol–water partition coefficient (Wildman–Crippen LogP) is 3.74. The molecule has 102 valence electrons. The van der Waals surface area contributed by atoms with Gasteiger partial charge in [0, 0.05) is 4.47 Å². The molecule has 0 fully saturated rings. The van der Waals surface area contributed by atoms with Gasteiger partial charge in [-0.25, -0.2) is 13.1 Å². The molecule has 2 rings (SSSR count). The summed E-state index contributed by atoms with van der Waals surface area (Å²) in [5.41, 5.74) is 0. The van der Waals surface area contributed by atoms with E-state index in [4.69, 9.17) is 16.0 Å². The first-order valence-electron chi connectivity index (χ1n) is 5.41. The molecule has 7 heteroatoms. The second-order valence-corrected chi connectivity index (χ2v) is 6.94. The topological polar surface area (TPSA) is 59.3 Å². The minimum atomic E-state index is -3.70. The molecule has 1 N–H and O–H groups in total. The molecule has 19 heavy (non-hydrogen) atoms. The monoisotopic (exact) mass is 363 g/mol. The fourth-order valence-corrected chi connectivity index (χ4v) is 3.83. The molecule has 0 aliphatic rings. The highest BCUT2D eigenvalue weighted by Crippen LogP contribution is 2.26. The van der Waals surface area contributed by atoms with Crippen molar-refractivity contribution in [1.82, 2.24) is 4.72 Å². The highest BCUT2D eigenvalue weighted by Gasteiger charge is 2.22. The predicted molar refractivity (Wildman–Crippen MR) is 76.6 cm³/mol. The number of furan rings is 1. The van der Waals surface area contributed by atoms with Crippen LogP contribution < -0.4 is 4.72 Å². The maximum Gasteiger partial charge on any atom is 0.242 e. The minimum absolute atomic E-state index is 0.0378. The molecule has 0 saturated carbocycles. The van der Waals surface area contributed by atoms with Crippen molar-refractivity contribution >= 4 is 37.6 Å². The third-order valence-electron chi connectivity index (χ3n) is 2.49. The Morgan fingerprint density at radius 2 is 2.11 bits per heavy atom. The van der Waals surface area contributed by atoms with E-state index < -0.39 is 16.1 Å². The second kappa shape index (κ2) is 5.66. The summed E-state index contributed by atoms with van der Waals surface area (Å²) in [4.78, 5) is 0.0378. The van der Waals surface area contributed by atoms with Crippen molar-refractivity contribution in [2.24, 2.45) is 0 Å². The first-order valence-corrected chi connectivity index (χ1v) is 8.06. The molecule has 0 aliphatic carbocycles. The number of benzene rings is 1. The number of nitrogens with one attached hydrogen (secondary N) is 1. The van der Waals surface area contributed by atoms with E-state index in [1.165, 1.54) is 18.4 Å². The van der Waals surface area contributed by atoms with Crippen LogP contribution in [-0.2, 0) is 10.0 Å². The lowest BCUT2D eigenvalue weighted by atomic mass is 10.3. The summed E-state index contributed by atoms with van der Waals surface area (Å²) >= 11 is 9.18. The maximum absolute atomic E-state index is 12.2.